The summed E-state index contributed by atoms with van der Waals surface area (Å²) in [5.74, 6) is -0.0183. The van der Waals surface area contributed by atoms with E-state index in [1.807, 2.05) is 0 Å². The van der Waals surface area contributed by atoms with E-state index in [4.69, 9.17) is 9.47 Å². The molecule has 4 heteroatoms. The van der Waals surface area contributed by atoms with Crippen LogP contribution in [0.2, 0.25) is 0 Å². The van der Waals surface area contributed by atoms with E-state index < -0.39 is 17.3 Å². The van der Waals surface area contributed by atoms with Crippen LogP contribution in [0.15, 0.2) is 0 Å². The molecule has 1 N–H and O–H groups in total. The number of ketones is 1. The monoisotopic (exact) mass is 266 g/mol. The molecule has 2 saturated carbocycles. The Hall–Kier alpha value is -0.450. The van der Waals surface area contributed by atoms with Gasteiger partial charge in [-0.05, 0) is 33.1 Å². The molecule has 0 aromatic carbocycles. The summed E-state index contributed by atoms with van der Waals surface area (Å²) < 4.78 is 11.8. The molecule has 4 nitrogen and oxygen atoms in total. The molecule has 4 aliphatic rings. The van der Waals surface area contributed by atoms with Crippen molar-refractivity contribution in [1.29, 1.82) is 0 Å². The van der Waals surface area contributed by atoms with Crippen LogP contribution in [-0.2, 0) is 14.3 Å². The molecule has 0 amide bonds. The predicted octanol–water partition coefficient (Wildman–Crippen LogP) is 1.44. The lowest BCUT2D eigenvalue weighted by atomic mass is 9.45. The highest BCUT2D eigenvalue weighted by Gasteiger charge is 2.83. The van der Waals surface area contributed by atoms with E-state index >= 15 is 0 Å². The highest BCUT2D eigenvalue weighted by Crippen LogP contribution is 2.73. The first-order chi connectivity index (χ1) is 8.70. The van der Waals surface area contributed by atoms with Crippen LogP contribution in [0.5, 0.6) is 0 Å². The number of hydrogen-bond donors (Lipinski definition) is 1. The molecule has 0 radical (unpaired) electrons. The van der Waals surface area contributed by atoms with Crippen LogP contribution in [0.1, 0.15) is 47.0 Å². The van der Waals surface area contributed by atoms with Gasteiger partial charge < -0.3 is 14.6 Å². The normalized spacial score (nSPS) is 61.5. The number of carbonyl (C=O) groups is 1. The Kier molecular flexibility index (Phi) is 1.89. The molecule has 4 fully saturated rings. The van der Waals surface area contributed by atoms with E-state index in [1.54, 1.807) is 0 Å². The van der Waals surface area contributed by atoms with Crippen molar-refractivity contribution in [2.45, 2.75) is 76.5 Å². The number of aliphatic hydroxyl groups excluding tert-OH is 1. The van der Waals surface area contributed by atoms with Gasteiger partial charge in [-0.2, -0.15) is 0 Å². The summed E-state index contributed by atoms with van der Waals surface area (Å²) in [6.45, 7) is 8.47. The molecule has 0 aromatic rings. The van der Waals surface area contributed by atoms with Gasteiger partial charge in [0.2, 0.25) is 0 Å². The van der Waals surface area contributed by atoms with Gasteiger partial charge >= 0.3 is 0 Å². The predicted molar refractivity (Wildman–Crippen MR) is 67.6 cm³/mol. The Labute approximate surface area is 113 Å². The Balaban J connectivity index is 1.98. The first kappa shape index (κ1) is 12.3. The zero-order valence-electron chi connectivity index (χ0n) is 12.0. The van der Waals surface area contributed by atoms with Crippen LogP contribution >= 0.6 is 0 Å². The average Bonchev–Trinajstić information content (AvgIpc) is 3.05. The third-order valence-corrected chi connectivity index (χ3v) is 6.99. The Bertz CT molecular complexity index is 487. The van der Waals surface area contributed by atoms with Gasteiger partial charge in [-0.3, -0.25) is 4.79 Å². The fraction of sp³-hybridized carbons (Fsp3) is 0.933. The van der Waals surface area contributed by atoms with Crippen molar-refractivity contribution in [2.24, 2.45) is 10.8 Å². The first-order valence-corrected chi connectivity index (χ1v) is 7.28. The number of carbonyl (C=O) groups excluding carboxylic acids is 1. The summed E-state index contributed by atoms with van der Waals surface area (Å²) in [6, 6.07) is 0. The van der Waals surface area contributed by atoms with Crippen LogP contribution in [0.25, 0.3) is 0 Å². The minimum absolute atomic E-state index is 0.0183. The Morgan fingerprint density at radius 2 is 1.89 bits per heavy atom. The van der Waals surface area contributed by atoms with Gasteiger partial charge in [-0.15, -0.1) is 0 Å². The number of ether oxygens (including phenoxy) is 2. The fourth-order valence-electron chi connectivity index (χ4n) is 5.35. The van der Waals surface area contributed by atoms with Gasteiger partial charge in [-0.1, -0.05) is 13.8 Å². The highest BCUT2D eigenvalue weighted by molar-refractivity contribution is 5.97. The lowest BCUT2D eigenvalue weighted by Gasteiger charge is -2.56. The molecular formula is C15H22O4. The van der Waals surface area contributed by atoms with E-state index in [-0.39, 0.29) is 28.8 Å². The van der Waals surface area contributed by atoms with Crippen LogP contribution in [0.4, 0.5) is 0 Å². The van der Waals surface area contributed by atoms with E-state index in [9.17, 15) is 9.90 Å². The Morgan fingerprint density at radius 3 is 2.58 bits per heavy atom. The second-order valence-corrected chi connectivity index (χ2v) is 7.73. The van der Waals surface area contributed by atoms with Gasteiger partial charge in [0.1, 0.15) is 6.10 Å². The summed E-state index contributed by atoms with van der Waals surface area (Å²) in [6.07, 6.45) is 1.36. The molecule has 0 spiro atoms. The van der Waals surface area contributed by atoms with Gasteiger partial charge in [-0.25, -0.2) is 0 Å². The van der Waals surface area contributed by atoms with Gasteiger partial charge in [0.05, 0.1) is 17.8 Å². The van der Waals surface area contributed by atoms with Crippen molar-refractivity contribution in [2.75, 3.05) is 0 Å². The zero-order valence-corrected chi connectivity index (χ0v) is 12.0. The molecular weight excluding hydrogens is 244 g/mol. The van der Waals surface area contributed by atoms with E-state index in [1.165, 1.54) is 0 Å². The average molecular weight is 266 g/mol. The largest absolute Gasteiger partial charge is 0.390 e. The first-order valence-electron chi connectivity index (χ1n) is 7.28. The lowest BCUT2D eigenvalue weighted by Crippen LogP contribution is -2.68. The Morgan fingerprint density at radius 1 is 1.21 bits per heavy atom. The van der Waals surface area contributed by atoms with Crippen LogP contribution in [0.3, 0.4) is 0 Å². The molecule has 4 rings (SSSR count). The number of hydrogen-bond acceptors (Lipinski definition) is 4. The number of rotatable bonds is 0. The molecule has 19 heavy (non-hydrogen) atoms. The molecule has 6 unspecified atom stereocenters. The third-order valence-electron chi connectivity index (χ3n) is 6.99. The van der Waals surface area contributed by atoms with Crippen molar-refractivity contribution >= 4 is 5.78 Å². The second kappa shape index (κ2) is 2.92. The molecule has 2 aliphatic heterocycles. The van der Waals surface area contributed by atoms with E-state index in [2.05, 4.69) is 27.7 Å². The van der Waals surface area contributed by atoms with Gasteiger partial charge in [0.15, 0.2) is 11.4 Å². The molecule has 2 heterocycles. The lowest BCUT2D eigenvalue weighted by molar-refractivity contribution is -0.194. The summed E-state index contributed by atoms with van der Waals surface area (Å²) >= 11 is 0. The van der Waals surface area contributed by atoms with E-state index in [0.29, 0.717) is 6.42 Å². The van der Waals surface area contributed by atoms with Crippen molar-refractivity contribution in [3.05, 3.63) is 0 Å². The van der Waals surface area contributed by atoms with Crippen molar-refractivity contribution < 1.29 is 19.4 Å². The maximum atomic E-state index is 12.8. The van der Waals surface area contributed by atoms with E-state index in [0.717, 1.165) is 12.8 Å². The van der Waals surface area contributed by atoms with Gasteiger partial charge in [0.25, 0.3) is 0 Å². The number of epoxide rings is 1. The topological polar surface area (TPSA) is 59.1 Å². The summed E-state index contributed by atoms with van der Waals surface area (Å²) in [7, 11) is 0. The smallest absolute Gasteiger partial charge is 0.199 e. The molecule has 2 bridgehead atoms. The van der Waals surface area contributed by atoms with Crippen LogP contribution < -0.4 is 0 Å². The molecule has 2 saturated heterocycles. The SMILES string of the molecule is CC1(C)OC23C(=O)C4OC4CC2(C)C1(C)CCC3O. The summed E-state index contributed by atoms with van der Waals surface area (Å²) in [5, 5.41) is 10.6. The molecule has 2 aliphatic carbocycles. The maximum Gasteiger partial charge on any atom is 0.199 e. The second-order valence-electron chi connectivity index (χ2n) is 7.73. The van der Waals surface area contributed by atoms with Crippen molar-refractivity contribution in [3.8, 4) is 0 Å². The summed E-state index contributed by atoms with van der Waals surface area (Å²) in [5.41, 5.74) is -1.89. The minimum atomic E-state index is -1.05. The van der Waals surface area contributed by atoms with Crippen molar-refractivity contribution in [3.63, 3.8) is 0 Å². The highest BCUT2D eigenvalue weighted by atomic mass is 16.6. The standard InChI is InChI=1S/C15H22O4/c1-12(2)13(3)6-5-9(16)15(19-12)11(17)10-8(18-10)7-14(13,15)4/h8-10,16H,5-7H2,1-4H3. The fourth-order valence-corrected chi connectivity index (χ4v) is 5.35. The number of fused-ring (bicyclic) bond motifs is 1. The van der Waals surface area contributed by atoms with Gasteiger partial charge in [0, 0.05) is 10.8 Å². The number of Topliss-reactive ketones (excluding diaryl/α,β-unsaturated/α-hetero) is 1. The maximum absolute atomic E-state index is 12.8. The van der Waals surface area contributed by atoms with Crippen LogP contribution in [-0.4, -0.2) is 40.4 Å². The third kappa shape index (κ3) is 0.988. The minimum Gasteiger partial charge on any atom is -0.390 e. The van der Waals surface area contributed by atoms with Crippen molar-refractivity contribution in [1.82, 2.24) is 0 Å². The number of aliphatic hydroxyl groups is 1. The summed E-state index contributed by atoms with van der Waals surface area (Å²) in [4.78, 5) is 12.8. The quantitative estimate of drug-likeness (QED) is 0.674. The molecule has 106 valence electrons. The molecule has 0 aromatic heterocycles. The zero-order chi connectivity index (χ0) is 13.8. The van der Waals surface area contributed by atoms with Crippen LogP contribution in [0, 0.1) is 10.8 Å². The molecule has 6 atom stereocenters.